The van der Waals surface area contributed by atoms with Gasteiger partial charge in [-0.1, -0.05) is 29.7 Å². The van der Waals surface area contributed by atoms with Gasteiger partial charge in [-0.2, -0.15) is 0 Å². The molecule has 3 heteroatoms. The summed E-state index contributed by atoms with van der Waals surface area (Å²) in [5.74, 6) is -0.743. The molecule has 0 atom stereocenters. The lowest BCUT2D eigenvalue weighted by atomic mass is 9.88. The SMILES string of the molecule is [2H]c1c([2H])c([2H])c2c(c1[2H])C(=C1CCN(C)CC1)c1ccsc1C(=O)C2([2H])[2H]. The van der Waals surface area contributed by atoms with E-state index in [1.807, 2.05) is 7.05 Å². The van der Waals surface area contributed by atoms with E-state index in [0.717, 1.165) is 30.0 Å². The smallest absolute Gasteiger partial charge is 0.177 e. The lowest BCUT2D eigenvalue weighted by Crippen LogP contribution is -2.27. The van der Waals surface area contributed by atoms with Gasteiger partial charge in [0, 0.05) is 27.8 Å². The minimum Gasteiger partial charge on any atom is -0.306 e. The van der Waals surface area contributed by atoms with Crippen LogP contribution in [-0.4, -0.2) is 30.8 Å². The van der Waals surface area contributed by atoms with Crippen molar-refractivity contribution in [3.05, 3.63) is 62.8 Å². The van der Waals surface area contributed by atoms with Crippen molar-refractivity contribution in [2.45, 2.75) is 19.2 Å². The first-order valence-electron chi connectivity index (χ1n) is 10.3. The van der Waals surface area contributed by atoms with Crippen molar-refractivity contribution in [2.75, 3.05) is 20.1 Å². The minimum absolute atomic E-state index is 0.140. The average Bonchev–Trinajstić information content (AvgIpc) is 3.11. The highest BCUT2D eigenvalue weighted by molar-refractivity contribution is 7.12. The summed E-state index contributed by atoms with van der Waals surface area (Å²) in [6, 6.07) is 0.0872. The van der Waals surface area contributed by atoms with Gasteiger partial charge in [0.2, 0.25) is 0 Å². The molecule has 1 saturated heterocycles. The van der Waals surface area contributed by atoms with Gasteiger partial charge in [-0.25, -0.2) is 0 Å². The third kappa shape index (κ3) is 2.25. The quantitative estimate of drug-likeness (QED) is 0.732. The largest absolute Gasteiger partial charge is 0.306 e. The number of benzene rings is 1. The molecule has 2 nitrogen and oxygen atoms in total. The molecule has 1 fully saturated rings. The summed E-state index contributed by atoms with van der Waals surface area (Å²) in [5, 5.41) is 1.74. The van der Waals surface area contributed by atoms with Crippen LogP contribution in [0.15, 0.2) is 41.2 Å². The monoisotopic (exact) mass is 315 g/mol. The molecule has 2 aromatic rings. The second-order valence-corrected chi connectivity index (χ2v) is 6.57. The van der Waals surface area contributed by atoms with Crippen LogP contribution in [0.5, 0.6) is 0 Å². The minimum atomic E-state index is -2.53. The van der Waals surface area contributed by atoms with Gasteiger partial charge in [0.25, 0.3) is 0 Å². The molecular formula is C19H19NOS. The molecule has 0 radical (unpaired) electrons. The standard InChI is InChI=1S/C19H19NOS/c1-20-9-6-13(7-10-20)18-15-5-3-2-4-14(15)12-17(21)19-16(18)8-11-22-19/h2-5,8,11H,6-7,9-10,12H2,1H3/i2D,3D,4D,5D,12D2. The van der Waals surface area contributed by atoms with Gasteiger partial charge in [0.15, 0.2) is 5.78 Å². The number of fused-ring (bicyclic) bond motifs is 2. The van der Waals surface area contributed by atoms with Crippen LogP contribution in [0.1, 0.15) is 47.4 Å². The van der Waals surface area contributed by atoms with Crippen molar-refractivity contribution in [2.24, 2.45) is 0 Å². The number of hydrogen-bond acceptors (Lipinski definition) is 3. The lowest BCUT2D eigenvalue weighted by Gasteiger charge is -2.27. The van der Waals surface area contributed by atoms with Crippen LogP contribution in [0, 0.1) is 0 Å². The van der Waals surface area contributed by atoms with Gasteiger partial charge >= 0.3 is 0 Å². The van der Waals surface area contributed by atoms with E-state index in [-0.39, 0.29) is 22.0 Å². The number of piperidine rings is 1. The fraction of sp³-hybridized carbons (Fsp3) is 0.316. The number of likely N-dealkylation sites (tertiary alicyclic amines) is 1. The van der Waals surface area contributed by atoms with Crippen molar-refractivity contribution >= 4 is 22.7 Å². The second kappa shape index (κ2) is 5.49. The maximum atomic E-state index is 13.1. The van der Waals surface area contributed by atoms with Crippen LogP contribution in [-0.2, 0) is 6.37 Å². The van der Waals surface area contributed by atoms with E-state index in [2.05, 4.69) is 4.90 Å². The Balaban J connectivity index is 2.17. The molecule has 0 bridgehead atoms. The van der Waals surface area contributed by atoms with E-state index in [0.29, 0.717) is 24.0 Å². The molecule has 1 aliphatic heterocycles. The van der Waals surface area contributed by atoms with Gasteiger partial charge < -0.3 is 4.90 Å². The number of ketones is 1. The van der Waals surface area contributed by atoms with E-state index >= 15 is 0 Å². The predicted octanol–water partition coefficient (Wildman–Crippen LogP) is 4.01. The topological polar surface area (TPSA) is 20.3 Å². The summed E-state index contributed by atoms with van der Waals surface area (Å²) in [6.45, 7) is 1.61. The molecule has 112 valence electrons. The molecule has 0 N–H and O–H groups in total. The van der Waals surface area contributed by atoms with Crippen LogP contribution in [0.3, 0.4) is 0 Å². The summed E-state index contributed by atoms with van der Waals surface area (Å²) >= 11 is 1.16. The first-order valence-corrected chi connectivity index (χ1v) is 8.18. The normalized spacial score (nSPS) is 25.0. The molecule has 2 heterocycles. The summed E-state index contributed by atoms with van der Waals surface area (Å²) in [7, 11) is 2.02. The van der Waals surface area contributed by atoms with Crippen molar-refractivity contribution < 1.29 is 13.0 Å². The van der Waals surface area contributed by atoms with Crippen LogP contribution in [0.2, 0.25) is 0 Å². The Labute approximate surface area is 143 Å². The number of Topliss-reactive ketones (excluding diaryl/α,β-unsaturated/α-hetero) is 1. The van der Waals surface area contributed by atoms with Gasteiger partial charge in [-0.05, 0) is 48.0 Å². The molecule has 1 aliphatic carbocycles. The van der Waals surface area contributed by atoms with E-state index < -0.39 is 30.3 Å². The summed E-state index contributed by atoms with van der Waals surface area (Å²) in [6.07, 6.45) is -1.11. The molecule has 2 aliphatic rings. The third-order valence-electron chi connectivity index (χ3n) is 4.26. The Morgan fingerprint density at radius 1 is 1.23 bits per heavy atom. The Morgan fingerprint density at radius 2 is 2.00 bits per heavy atom. The Morgan fingerprint density at radius 3 is 2.82 bits per heavy atom. The van der Waals surface area contributed by atoms with E-state index in [9.17, 15) is 4.79 Å². The van der Waals surface area contributed by atoms with E-state index in [4.69, 9.17) is 8.22 Å². The first-order chi connectivity index (χ1) is 13.2. The Kier molecular flexibility index (Phi) is 2.20. The number of hydrogen-bond donors (Lipinski definition) is 0. The number of carbonyl (C=O) groups excluding carboxylic acids is 1. The van der Waals surface area contributed by atoms with Gasteiger partial charge in [-0.15, -0.1) is 11.3 Å². The zero-order chi connectivity index (χ0) is 20.4. The average molecular weight is 315 g/mol. The maximum Gasteiger partial charge on any atom is 0.177 e. The number of thiophene rings is 1. The highest BCUT2D eigenvalue weighted by atomic mass is 32.1. The molecular weight excluding hydrogens is 290 g/mol. The molecule has 0 amide bonds. The highest BCUT2D eigenvalue weighted by Gasteiger charge is 2.27. The lowest BCUT2D eigenvalue weighted by molar-refractivity contribution is 0.0997. The molecule has 1 aromatic carbocycles. The van der Waals surface area contributed by atoms with Crippen LogP contribution in [0.4, 0.5) is 0 Å². The molecule has 22 heavy (non-hydrogen) atoms. The summed E-state index contributed by atoms with van der Waals surface area (Å²) in [4.78, 5) is 15.5. The van der Waals surface area contributed by atoms with Gasteiger partial charge in [-0.3, -0.25) is 4.79 Å². The second-order valence-electron chi connectivity index (χ2n) is 5.65. The van der Waals surface area contributed by atoms with Crippen molar-refractivity contribution in [1.82, 2.24) is 4.90 Å². The maximum absolute atomic E-state index is 13.1. The predicted molar refractivity (Wildman–Crippen MR) is 91.5 cm³/mol. The summed E-state index contributed by atoms with van der Waals surface area (Å²) < 4.78 is 50.0. The highest BCUT2D eigenvalue weighted by Crippen LogP contribution is 2.40. The van der Waals surface area contributed by atoms with E-state index in [1.165, 1.54) is 0 Å². The van der Waals surface area contributed by atoms with Crippen LogP contribution in [0.25, 0.3) is 5.57 Å². The molecule has 1 aromatic heterocycles. The fourth-order valence-electron chi connectivity index (χ4n) is 3.09. The van der Waals surface area contributed by atoms with Crippen molar-refractivity contribution in [3.8, 4) is 0 Å². The Bertz CT molecular complexity index is 1030. The van der Waals surface area contributed by atoms with Gasteiger partial charge in [0.05, 0.1) is 10.4 Å². The van der Waals surface area contributed by atoms with Crippen LogP contribution < -0.4 is 0 Å². The van der Waals surface area contributed by atoms with E-state index in [1.54, 1.807) is 11.4 Å². The van der Waals surface area contributed by atoms with Crippen molar-refractivity contribution in [3.63, 3.8) is 0 Å². The zero-order valence-electron chi connectivity index (χ0n) is 18.2. The molecule has 0 saturated carbocycles. The zero-order valence-corrected chi connectivity index (χ0v) is 13.1. The number of rotatable bonds is 0. The van der Waals surface area contributed by atoms with Crippen LogP contribution >= 0.6 is 11.3 Å². The number of nitrogens with zero attached hydrogens (tertiary/aromatic N) is 1. The first kappa shape index (κ1) is 8.80. The molecule has 0 spiro atoms. The molecule has 4 rings (SSSR count). The third-order valence-corrected chi connectivity index (χ3v) is 5.17. The van der Waals surface area contributed by atoms with Gasteiger partial charge in [0.1, 0.15) is 0 Å². The van der Waals surface area contributed by atoms with Crippen molar-refractivity contribution in [1.29, 1.82) is 0 Å². The molecule has 0 unspecified atom stereocenters. The Hall–Kier alpha value is -1.71. The fourth-order valence-corrected chi connectivity index (χ4v) is 3.88. The summed E-state index contributed by atoms with van der Waals surface area (Å²) in [5.41, 5.74) is 2.10. The number of carbonyl (C=O) groups is 1.